The number of carbonyl (C=O) groups excluding carboxylic acids is 1. The second kappa shape index (κ2) is 5.23. The molecule has 17 heavy (non-hydrogen) atoms. The first kappa shape index (κ1) is 12.0. The van der Waals surface area contributed by atoms with Gasteiger partial charge in [0, 0.05) is 12.1 Å². The molecule has 0 aliphatic carbocycles. The molecule has 0 atom stereocenters. The average molecular weight is 241 g/mol. The maximum Gasteiger partial charge on any atom is 0.250 e. The zero-order valence-corrected chi connectivity index (χ0v) is 9.29. The van der Waals surface area contributed by atoms with Gasteiger partial charge in [0.1, 0.15) is 11.6 Å². The van der Waals surface area contributed by atoms with E-state index in [0.29, 0.717) is 13.2 Å². The fourth-order valence-corrected chi connectivity index (χ4v) is 1.73. The third-order valence-corrected chi connectivity index (χ3v) is 2.67. The van der Waals surface area contributed by atoms with Crippen molar-refractivity contribution in [3.63, 3.8) is 0 Å². The van der Waals surface area contributed by atoms with Crippen molar-refractivity contribution in [2.75, 3.05) is 13.2 Å². The molecule has 0 spiro atoms. The van der Waals surface area contributed by atoms with Crippen molar-refractivity contribution >= 4 is 5.91 Å². The Bertz CT molecular complexity index is 397. The molecule has 3 nitrogen and oxygen atoms in total. The zero-order valence-electron chi connectivity index (χ0n) is 9.29. The van der Waals surface area contributed by atoms with Gasteiger partial charge >= 0.3 is 0 Å². The Morgan fingerprint density at radius 1 is 1.29 bits per heavy atom. The zero-order chi connectivity index (χ0) is 12.3. The summed E-state index contributed by atoms with van der Waals surface area (Å²) < 4.78 is 26.7. The van der Waals surface area contributed by atoms with Crippen molar-refractivity contribution < 1.29 is 18.4 Å². The van der Waals surface area contributed by atoms with E-state index in [0.717, 1.165) is 25.0 Å². The van der Waals surface area contributed by atoms with Crippen LogP contribution in [0.4, 0.5) is 8.78 Å². The summed E-state index contributed by atoms with van der Waals surface area (Å²) >= 11 is 0. The minimum absolute atomic E-state index is 0.202. The second-order valence-corrected chi connectivity index (χ2v) is 3.91. The number of carbonyl (C=O) groups is 1. The van der Waals surface area contributed by atoms with Gasteiger partial charge in [-0.3, -0.25) is 9.63 Å². The van der Waals surface area contributed by atoms with Crippen LogP contribution in [-0.4, -0.2) is 24.1 Å². The Balaban J connectivity index is 2.07. The van der Waals surface area contributed by atoms with E-state index < -0.39 is 17.5 Å². The minimum Gasteiger partial charge on any atom is -0.272 e. The van der Waals surface area contributed by atoms with E-state index >= 15 is 0 Å². The lowest BCUT2D eigenvalue weighted by Crippen LogP contribution is -2.37. The molecule has 0 radical (unpaired) electrons. The van der Waals surface area contributed by atoms with Crippen molar-refractivity contribution in [3.8, 4) is 0 Å². The summed E-state index contributed by atoms with van der Waals surface area (Å²) in [7, 11) is 0. The SMILES string of the molecule is O=C(Cc1c(F)cccc1F)N1CCCCO1. The lowest BCUT2D eigenvalue weighted by Gasteiger charge is -2.25. The monoisotopic (exact) mass is 241 g/mol. The first-order valence-electron chi connectivity index (χ1n) is 5.54. The highest BCUT2D eigenvalue weighted by Gasteiger charge is 2.20. The smallest absolute Gasteiger partial charge is 0.250 e. The van der Waals surface area contributed by atoms with Crippen LogP contribution in [0.15, 0.2) is 18.2 Å². The molecule has 0 bridgehead atoms. The van der Waals surface area contributed by atoms with Crippen LogP contribution in [0.1, 0.15) is 18.4 Å². The predicted octanol–water partition coefficient (Wildman–Crippen LogP) is 2.06. The van der Waals surface area contributed by atoms with Crippen molar-refractivity contribution in [1.29, 1.82) is 0 Å². The van der Waals surface area contributed by atoms with E-state index in [1.807, 2.05) is 0 Å². The number of amides is 1. The Morgan fingerprint density at radius 3 is 2.59 bits per heavy atom. The van der Waals surface area contributed by atoms with Gasteiger partial charge in [0.25, 0.3) is 5.91 Å². The van der Waals surface area contributed by atoms with Crippen LogP contribution in [0.3, 0.4) is 0 Å². The largest absolute Gasteiger partial charge is 0.272 e. The van der Waals surface area contributed by atoms with Crippen LogP contribution in [-0.2, 0) is 16.1 Å². The molecular formula is C12H13F2NO2. The van der Waals surface area contributed by atoms with Gasteiger partial charge in [-0.25, -0.2) is 13.8 Å². The van der Waals surface area contributed by atoms with Gasteiger partial charge in [-0.1, -0.05) is 6.07 Å². The van der Waals surface area contributed by atoms with Crippen molar-refractivity contribution in [3.05, 3.63) is 35.4 Å². The van der Waals surface area contributed by atoms with Crippen LogP contribution in [0, 0.1) is 11.6 Å². The lowest BCUT2D eigenvalue weighted by atomic mass is 10.1. The highest BCUT2D eigenvalue weighted by atomic mass is 19.1. The fourth-order valence-electron chi connectivity index (χ4n) is 1.73. The van der Waals surface area contributed by atoms with Crippen LogP contribution < -0.4 is 0 Å². The van der Waals surface area contributed by atoms with Crippen LogP contribution in [0.2, 0.25) is 0 Å². The summed E-state index contributed by atoms with van der Waals surface area (Å²) in [6, 6.07) is 3.56. The summed E-state index contributed by atoms with van der Waals surface area (Å²) in [6.45, 7) is 0.959. The highest BCUT2D eigenvalue weighted by molar-refractivity contribution is 5.77. The maximum atomic E-state index is 13.3. The first-order valence-corrected chi connectivity index (χ1v) is 5.54. The van der Waals surface area contributed by atoms with Crippen molar-refractivity contribution in [1.82, 2.24) is 5.06 Å². The van der Waals surface area contributed by atoms with Gasteiger partial charge in [-0.2, -0.15) is 0 Å². The number of hydrogen-bond acceptors (Lipinski definition) is 2. The summed E-state index contributed by atoms with van der Waals surface area (Å²) in [4.78, 5) is 16.9. The van der Waals surface area contributed by atoms with E-state index in [2.05, 4.69) is 0 Å². The Morgan fingerprint density at radius 2 is 2.00 bits per heavy atom. The molecular weight excluding hydrogens is 228 g/mol. The number of rotatable bonds is 2. The maximum absolute atomic E-state index is 13.3. The molecule has 1 aromatic rings. The standard InChI is InChI=1S/C12H13F2NO2/c13-10-4-3-5-11(14)9(10)8-12(16)15-6-1-2-7-17-15/h3-5H,1-2,6-8H2. The van der Waals surface area contributed by atoms with E-state index in [4.69, 9.17) is 4.84 Å². The van der Waals surface area contributed by atoms with Gasteiger partial charge in [0.05, 0.1) is 13.0 Å². The molecule has 0 N–H and O–H groups in total. The molecule has 0 unspecified atom stereocenters. The fraction of sp³-hybridized carbons (Fsp3) is 0.417. The predicted molar refractivity (Wildman–Crippen MR) is 57.0 cm³/mol. The number of halogens is 2. The Kier molecular flexibility index (Phi) is 3.68. The van der Waals surface area contributed by atoms with Gasteiger partial charge in [0.15, 0.2) is 0 Å². The van der Waals surface area contributed by atoms with Crippen LogP contribution >= 0.6 is 0 Å². The summed E-state index contributed by atoms with van der Waals surface area (Å²) in [6.07, 6.45) is 1.45. The molecule has 0 aromatic heterocycles. The van der Waals surface area contributed by atoms with E-state index in [1.165, 1.54) is 11.1 Å². The van der Waals surface area contributed by atoms with E-state index in [-0.39, 0.29) is 12.0 Å². The molecule has 1 aliphatic rings. The summed E-state index contributed by atoms with van der Waals surface area (Å²) in [5.74, 6) is -1.81. The molecule has 1 fully saturated rings. The molecule has 1 aromatic carbocycles. The second-order valence-electron chi connectivity index (χ2n) is 3.91. The van der Waals surface area contributed by atoms with Crippen molar-refractivity contribution in [2.45, 2.75) is 19.3 Å². The van der Waals surface area contributed by atoms with Gasteiger partial charge < -0.3 is 0 Å². The quantitative estimate of drug-likeness (QED) is 0.793. The van der Waals surface area contributed by atoms with Gasteiger partial charge in [-0.15, -0.1) is 0 Å². The topological polar surface area (TPSA) is 29.5 Å². The van der Waals surface area contributed by atoms with Gasteiger partial charge in [-0.05, 0) is 25.0 Å². The van der Waals surface area contributed by atoms with E-state index in [9.17, 15) is 13.6 Å². The number of benzene rings is 1. The molecule has 1 heterocycles. The molecule has 1 aliphatic heterocycles. The number of hydrogen-bond donors (Lipinski definition) is 0. The van der Waals surface area contributed by atoms with Gasteiger partial charge in [0.2, 0.25) is 0 Å². The third kappa shape index (κ3) is 2.79. The molecule has 2 rings (SSSR count). The normalized spacial score (nSPS) is 16.0. The first-order chi connectivity index (χ1) is 8.18. The van der Waals surface area contributed by atoms with Crippen LogP contribution in [0.5, 0.6) is 0 Å². The number of nitrogens with zero attached hydrogens (tertiary/aromatic N) is 1. The summed E-state index contributed by atoms with van der Waals surface area (Å²) in [5, 5.41) is 1.19. The third-order valence-electron chi connectivity index (χ3n) is 2.67. The molecule has 5 heteroatoms. The summed E-state index contributed by atoms with van der Waals surface area (Å²) in [5.41, 5.74) is -0.202. The van der Waals surface area contributed by atoms with Crippen LogP contribution in [0.25, 0.3) is 0 Å². The average Bonchev–Trinajstić information content (AvgIpc) is 2.35. The molecule has 1 amide bonds. The molecule has 0 saturated carbocycles. The number of hydroxylamine groups is 2. The Labute approximate surface area is 97.9 Å². The Hall–Kier alpha value is -1.49. The highest BCUT2D eigenvalue weighted by Crippen LogP contribution is 2.15. The molecule has 1 saturated heterocycles. The lowest BCUT2D eigenvalue weighted by molar-refractivity contribution is -0.196. The van der Waals surface area contributed by atoms with E-state index in [1.54, 1.807) is 0 Å². The minimum atomic E-state index is -0.699. The molecule has 92 valence electrons. The van der Waals surface area contributed by atoms with Crippen molar-refractivity contribution in [2.24, 2.45) is 0 Å².